The van der Waals surface area contributed by atoms with Gasteiger partial charge < -0.3 is 15.4 Å². The smallest absolute Gasteiger partial charge is 0.211 e. The molecule has 2 atom stereocenters. The van der Waals surface area contributed by atoms with Gasteiger partial charge in [0.25, 0.3) is 0 Å². The maximum atomic E-state index is 11.2. The summed E-state index contributed by atoms with van der Waals surface area (Å²) in [6, 6.07) is 6.69. The number of benzene rings is 1. The Morgan fingerprint density at radius 1 is 1.53 bits per heavy atom. The van der Waals surface area contributed by atoms with Crippen molar-refractivity contribution in [1.82, 2.24) is 10.9 Å². The van der Waals surface area contributed by atoms with Gasteiger partial charge in [-0.2, -0.15) is 0 Å². The Kier molecular flexibility index (Phi) is 4.96. The molecule has 0 fully saturated rings. The average Bonchev–Trinajstić information content (AvgIpc) is 2.29. The van der Waals surface area contributed by atoms with E-state index in [-0.39, 0.29) is 5.96 Å². The maximum absolute atomic E-state index is 11.2. The van der Waals surface area contributed by atoms with Gasteiger partial charge in [-0.3, -0.25) is 15.4 Å². The van der Waals surface area contributed by atoms with Crippen LogP contribution in [0.2, 0.25) is 0 Å². The Bertz CT molecular complexity index is 409. The molecule has 0 aliphatic rings. The molecule has 0 heterocycles. The maximum Gasteiger partial charge on any atom is 0.211 e. The molecule has 0 bridgehead atoms. The molecule has 17 heavy (non-hydrogen) atoms. The highest BCUT2D eigenvalue weighted by atomic mass is 31.1. The van der Waals surface area contributed by atoms with E-state index in [4.69, 9.17) is 15.9 Å². The number of hydrogen-bond donors (Lipinski definition) is 5. The molecule has 0 aromatic heterocycles. The minimum absolute atomic E-state index is 0.327. The van der Waals surface area contributed by atoms with Crippen LogP contribution in [0.3, 0.4) is 0 Å². The molecule has 1 rings (SSSR count). The second kappa shape index (κ2) is 6.24. The summed E-state index contributed by atoms with van der Waals surface area (Å²) in [7, 11) is -1.32. The third-order valence-corrected chi connectivity index (χ3v) is 3.02. The Labute approximate surface area is 99.3 Å². The molecule has 1 aromatic carbocycles. The van der Waals surface area contributed by atoms with E-state index >= 15 is 0 Å². The van der Waals surface area contributed by atoms with E-state index < -0.39 is 13.8 Å². The zero-order chi connectivity index (χ0) is 12.8. The van der Waals surface area contributed by atoms with Crippen LogP contribution in [-0.2, 0) is 4.57 Å². The minimum atomic E-state index is -2.86. The van der Waals surface area contributed by atoms with E-state index in [2.05, 4.69) is 10.9 Å². The highest BCUT2D eigenvalue weighted by molar-refractivity contribution is 7.38. The molecule has 0 saturated heterocycles. The largest absolute Gasteiger partial charge is 0.497 e. The molecule has 0 spiro atoms. The third kappa shape index (κ3) is 4.07. The number of hydrogen-bond acceptors (Lipinski definition) is 4. The number of ether oxygens (including phenoxy) is 1. The van der Waals surface area contributed by atoms with Crippen LogP contribution in [0.15, 0.2) is 24.3 Å². The lowest BCUT2D eigenvalue weighted by Gasteiger charge is -2.17. The average molecular weight is 258 g/mol. The van der Waals surface area contributed by atoms with Crippen molar-refractivity contribution in [3.63, 3.8) is 0 Å². The van der Waals surface area contributed by atoms with Crippen LogP contribution in [0.1, 0.15) is 11.3 Å². The fraction of sp³-hybridized carbons (Fsp3) is 0.222. The molecule has 7 nitrogen and oxygen atoms in total. The number of rotatable bonds is 5. The van der Waals surface area contributed by atoms with Gasteiger partial charge in [0, 0.05) is 0 Å². The molecule has 0 amide bonds. The van der Waals surface area contributed by atoms with E-state index in [1.54, 1.807) is 24.3 Å². The van der Waals surface area contributed by atoms with Crippen LogP contribution < -0.4 is 21.3 Å². The van der Waals surface area contributed by atoms with Gasteiger partial charge in [-0.25, -0.2) is 5.43 Å². The van der Waals surface area contributed by atoms with Crippen molar-refractivity contribution in [3.05, 3.63) is 29.8 Å². The summed E-state index contributed by atoms with van der Waals surface area (Å²) in [6.07, 6.45) is 0. The Hall–Kier alpha value is -1.56. The summed E-state index contributed by atoms with van der Waals surface area (Å²) in [5.41, 5.74) is 10.5. The molecule has 6 N–H and O–H groups in total. The van der Waals surface area contributed by atoms with Gasteiger partial charge in [-0.1, -0.05) is 12.1 Å². The minimum Gasteiger partial charge on any atom is -0.497 e. The van der Waals surface area contributed by atoms with Crippen LogP contribution in [-0.4, -0.2) is 18.0 Å². The van der Waals surface area contributed by atoms with Gasteiger partial charge in [0.05, 0.1) is 7.11 Å². The SMILES string of the molecule is COc1ccc(C(NNC(=N)N)[PH](=O)O)cc1. The van der Waals surface area contributed by atoms with Crippen molar-refractivity contribution in [2.75, 3.05) is 7.11 Å². The lowest BCUT2D eigenvalue weighted by Crippen LogP contribution is -2.42. The van der Waals surface area contributed by atoms with Crippen molar-refractivity contribution >= 4 is 14.0 Å². The van der Waals surface area contributed by atoms with E-state index in [0.717, 1.165) is 0 Å². The monoisotopic (exact) mass is 258 g/mol. The van der Waals surface area contributed by atoms with Crippen LogP contribution in [0, 0.1) is 5.41 Å². The van der Waals surface area contributed by atoms with Crippen molar-refractivity contribution in [1.29, 1.82) is 5.41 Å². The van der Waals surface area contributed by atoms with Crippen molar-refractivity contribution in [3.8, 4) is 5.75 Å². The second-order valence-corrected chi connectivity index (χ2v) is 4.48. The Morgan fingerprint density at radius 2 is 2.12 bits per heavy atom. The van der Waals surface area contributed by atoms with Gasteiger partial charge in [0.15, 0.2) is 5.96 Å². The summed E-state index contributed by atoms with van der Waals surface area (Å²) in [5, 5.41) is 6.97. The van der Waals surface area contributed by atoms with Gasteiger partial charge in [-0.05, 0) is 17.7 Å². The summed E-state index contributed by atoms with van der Waals surface area (Å²) in [5.74, 6) is -0.480. The predicted octanol–water partition coefficient (Wildman–Crippen LogP) is 0.148. The first-order valence-electron chi connectivity index (χ1n) is 4.77. The summed E-state index contributed by atoms with van der Waals surface area (Å²) in [6.45, 7) is 0. The van der Waals surface area contributed by atoms with Crippen LogP contribution in [0.25, 0.3) is 0 Å². The van der Waals surface area contributed by atoms with Crippen molar-refractivity contribution in [2.45, 2.75) is 5.78 Å². The summed E-state index contributed by atoms with van der Waals surface area (Å²) < 4.78 is 16.2. The molecule has 94 valence electrons. The van der Waals surface area contributed by atoms with E-state index in [1.165, 1.54) is 7.11 Å². The number of hydrazine groups is 1. The lowest BCUT2D eigenvalue weighted by molar-refractivity contribution is 0.414. The first-order valence-corrected chi connectivity index (χ1v) is 6.20. The third-order valence-electron chi connectivity index (χ3n) is 2.05. The highest BCUT2D eigenvalue weighted by Gasteiger charge is 2.16. The molecular weight excluding hydrogens is 243 g/mol. The van der Waals surface area contributed by atoms with Crippen molar-refractivity contribution < 1.29 is 14.2 Å². The van der Waals surface area contributed by atoms with Crippen LogP contribution >= 0.6 is 8.03 Å². The van der Waals surface area contributed by atoms with Gasteiger partial charge >= 0.3 is 0 Å². The molecule has 0 saturated carbocycles. The van der Waals surface area contributed by atoms with Crippen molar-refractivity contribution in [2.24, 2.45) is 5.73 Å². The molecule has 8 heteroatoms. The predicted molar refractivity (Wildman–Crippen MR) is 65.1 cm³/mol. The molecule has 0 radical (unpaired) electrons. The number of nitrogens with two attached hydrogens (primary N) is 1. The van der Waals surface area contributed by atoms with Gasteiger partial charge in [0.2, 0.25) is 8.03 Å². The van der Waals surface area contributed by atoms with E-state index in [0.29, 0.717) is 11.3 Å². The number of methoxy groups -OCH3 is 1. The van der Waals surface area contributed by atoms with Crippen LogP contribution in [0.5, 0.6) is 5.75 Å². The quantitative estimate of drug-likeness (QED) is 0.222. The lowest BCUT2D eigenvalue weighted by atomic mass is 10.2. The Morgan fingerprint density at radius 3 is 2.53 bits per heavy atom. The molecule has 2 unspecified atom stereocenters. The molecule has 0 aliphatic heterocycles. The summed E-state index contributed by atoms with van der Waals surface area (Å²) >= 11 is 0. The first kappa shape index (κ1) is 13.5. The normalized spacial score (nSPS) is 13.8. The zero-order valence-corrected chi connectivity index (χ0v) is 10.2. The molecule has 0 aliphatic carbocycles. The number of guanidine groups is 1. The first-order chi connectivity index (χ1) is 8.04. The number of nitrogens with one attached hydrogen (secondary N) is 3. The fourth-order valence-electron chi connectivity index (χ4n) is 1.23. The van der Waals surface area contributed by atoms with Crippen LogP contribution in [0.4, 0.5) is 0 Å². The van der Waals surface area contributed by atoms with Gasteiger partial charge in [0.1, 0.15) is 11.5 Å². The second-order valence-electron chi connectivity index (χ2n) is 3.23. The zero-order valence-electron chi connectivity index (χ0n) is 9.23. The topological polar surface area (TPSA) is 120 Å². The van der Waals surface area contributed by atoms with E-state index in [1.807, 2.05) is 0 Å². The van der Waals surface area contributed by atoms with Gasteiger partial charge in [-0.15, -0.1) is 0 Å². The standard InChI is InChI=1S/C9H15N4O3P/c1-16-7-4-2-6(3-5-7)8(17(14)15)12-13-9(10)11/h2-5,8,12,17H,1H3,(H,14,15)(H4,10,11,13). The molecular formula is C9H15N4O3P. The fourth-order valence-corrected chi connectivity index (χ4v) is 1.91. The molecule has 1 aromatic rings. The highest BCUT2D eigenvalue weighted by Crippen LogP contribution is 2.34. The summed E-state index contributed by atoms with van der Waals surface area (Å²) in [4.78, 5) is 9.21. The van der Waals surface area contributed by atoms with E-state index in [9.17, 15) is 9.46 Å². The Balaban J connectivity index is 2.81.